The summed E-state index contributed by atoms with van der Waals surface area (Å²) < 4.78 is 0. The molecule has 1 fully saturated rings. The van der Waals surface area contributed by atoms with E-state index < -0.39 is 11.1 Å². The SMILES string of the molecule is Cc1c(N)cc2[nH]c(=O)c(=O)[nH]c2c1CN1CCCC1C. The standard InChI is InChI=1S/C15H20N4O2/c1-8-4-3-5-19(8)7-10-9(2)11(16)6-12-13(10)18-15(21)14(20)17-12/h6,8H,3-5,7,16H2,1-2H3,(H,17,20)(H,18,21). The zero-order chi connectivity index (χ0) is 15.1. The smallest absolute Gasteiger partial charge is 0.314 e. The molecule has 1 aromatic heterocycles. The summed E-state index contributed by atoms with van der Waals surface area (Å²) in [6, 6.07) is 2.23. The Labute approximate surface area is 122 Å². The van der Waals surface area contributed by atoms with E-state index in [4.69, 9.17) is 5.73 Å². The van der Waals surface area contributed by atoms with Crippen molar-refractivity contribution < 1.29 is 0 Å². The summed E-state index contributed by atoms with van der Waals surface area (Å²) >= 11 is 0. The zero-order valence-electron chi connectivity index (χ0n) is 12.3. The molecule has 1 aromatic carbocycles. The van der Waals surface area contributed by atoms with Crippen LogP contribution in [0.4, 0.5) is 5.69 Å². The van der Waals surface area contributed by atoms with E-state index in [-0.39, 0.29) is 0 Å². The third-order valence-electron chi connectivity index (χ3n) is 4.50. The summed E-state index contributed by atoms with van der Waals surface area (Å²) in [6.45, 7) is 5.94. The molecule has 0 saturated carbocycles. The van der Waals surface area contributed by atoms with Gasteiger partial charge in [0.2, 0.25) is 0 Å². The van der Waals surface area contributed by atoms with Gasteiger partial charge in [0.25, 0.3) is 0 Å². The molecule has 0 radical (unpaired) electrons. The topological polar surface area (TPSA) is 95.0 Å². The maximum Gasteiger partial charge on any atom is 0.314 e. The maximum absolute atomic E-state index is 11.6. The van der Waals surface area contributed by atoms with Crippen molar-refractivity contribution in [2.75, 3.05) is 12.3 Å². The zero-order valence-corrected chi connectivity index (χ0v) is 12.3. The molecule has 0 amide bonds. The van der Waals surface area contributed by atoms with Gasteiger partial charge in [0, 0.05) is 18.3 Å². The van der Waals surface area contributed by atoms with Crippen LogP contribution in [-0.4, -0.2) is 27.5 Å². The van der Waals surface area contributed by atoms with Gasteiger partial charge in [-0.05, 0) is 50.4 Å². The van der Waals surface area contributed by atoms with Crippen LogP contribution in [0, 0.1) is 6.92 Å². The molecule has 3 rings (SSSR count). The predicted octanol–water partition coefficient (Wildman–Crippen LogP) is 1.09. The molecule has 4 N–H and O–H groups in total. The highest BCUT2D eigenvalue weighted by atomic mass is 16.2. The van der Waals surface area contributed by atoms with Gasteiger partial charge in [0.15, 0.2) is 0 Å². The number of fused-ring (bicyclic) bond motifs is 1. The summed E-state index contributed by atoms with van der Waals surface area (Å²) in [5.74, 6) is 0. The van der Waals surface area contributed by atoms with Gasteiger partial charge in [-0.15, -0.1) is 0 Å². The average molecular weight is 288 g/mol. The maximum atomic E-state index is 11.6. The Bertz CT molecular complexity index is 806. The number of likely N-dealkylation sites (tertiary alicyclic amines) is 1. The van der Waals surface area contributed by atoms with E-state index in [0.717, 1.165) is 24.2 Å². The first-order valence-electron chi connectivity index (χ1n) is 7.25. The highest BCUT2D eigenvalue weighted by Crippen LogP contribution is 2.27. The van der Waals surface area contributed by atoms with Crippen molar-refractivity contribution in [1.29, 1.82) is 0 Å². The van der Waals surface area contributed by atoms with E-state index in [2.05, 4.69) is 21.8 Å². The van der Waals surface area contributed by atoms with Crippen molar-refractivity contribution in [3.05, 3.63) is 37.9 Å². The van der Waals surface area contributed by atoms with Gasteiger partial charge < -0.3 is 15.7 Å². The lowest BCUT2D eigenvalue weighted by atomic mass is 10.0. The lowest BCUT2D eigenvalue weighted by Gasteiger charge is -2.23. The molecule has 1 saturated heterocycles. The van der Waals surface area contributed by atoms with E-state index in [0.29, 0.717) is 22.8 Å². The molecule has 2 aromatic rings. The van der Waals surface area contributed by atoms with Crippen molar-refractivity contribution >= 4 is 16.7 Å². The van der Waals surface area contributed by atoms with Crippen molar-refractivity contribution in [3.63, 3.8) is 0 Å². The van der Waals surface area contributed by atoms with Crippen LogP contribution in [-0.2, 0) is 6.54 Å². The average Bonchev–Trinajstić information content (AvgIpc) is 2.83. The molecule has 2 heterocycles. The van der Waals surface area contributed by atoms with Crippen molar-refractivity contribution in [2.24, 2.45) is 0 Å². The fraction of sp³-hybridized carbons (Fsp3) is 0.467. The molecule has 1 aliphatic rings. The number of nitrogens with zero attached hydrogens (tertiary/aromatic N) is 1. The molecule has 0 spiro atoms. The normalized spacial score (nSPS) is 19.4. The summed E-state index contributed by atoms with van der Waals surface area (Å²) in [4.78, 5) is 30.8. The Hall–Kier alpha value is -2.08. The summed E-state index contributed by atoms with van der Waals surface area (Å²) in [5.41, 5.74) is 8.64. The van der Waals surface area contributed by atoms with E-state index >= 15 is 0 Å². The molecular weight excluding hydrogens is 268 g/mol. The largest absolute Gasteiger partial charge is 0.398 e. The molecule has 0 bridgehead atoms. The monoisotopic (exact) mass is 288 g/mol. The number of nitrogens with two attached hydrogens (primary N) is 1. The van der Waals surface area contributed by atoms with Crippen molar-refractivity contribution in [1.82, 2.24) is 14.9 Å². The summed E-state index contributed by atoms with van der Waals surface area (Å²) in [6.07, 6.45) is 2.38. The number of anilines is 1. The second-order valence-corrected chi connectivity index (χ2v) is 5.86. The number of nitrogen functional groups attached to an aromatic ring is 1. The molecule has 6 nitrogen and oxygen atoms in total. The van der Waals surface area contributed by atoms with E-state index in [1.807, 2.05) is 6.92 Å². The van der Waals surface area contributed by atoms with Crippen LogP contribution >= 0.6 is 0 Å². The Morgan fingerprint density at radius 1 is 1.33 bits per heavy atom. The Kier molecular flexibility index (Phi) is 3.33. The number of nitrogens with one attached hydrogen (secondary N) is 2. The third-order valence-corrected chi connectivity index (χ3v) is 4.50. The minimum atomic E-state index is -0.647. The van der Waals surface area contributed by atoms with Gasteiger partial charge in [-0.1, -0.05) is 0 Å². The fourth-order valence-electron chi connectivity index (χ4n) is 3.08. The number of hydrogen-bond acceptors (Lipinski definition) is 4. The third kappa shape index (κ3) is 2.35. The van der Waals surface area contributed by atoms with Crippen molar-refractivity contribution in [3.8, 4) is 0 Å². The Balaban J connectivity index is 2.19. The molecule has 6 heteroatoms. The highest BCUT2D eigenvalue weighted by Gasteiger charge is 2.22. The van der Waals surface area contributed by atoms with Crippen LogP contribution in [0.1, 0.15) is 30.9 Å². The summed E-state index contributed by atoms with van der Waals surface area (Å²) in [5, 5.41) is 0. The highest BCUT2D eigenvalue weighted by molar-refractivity contribution is 5.83. The minimum absolute atomic E-state index is 0.523. The lowest BCUT2D eigenvalue weighted by Crippen LogP contribution is -2.31. The molecule has 112 valence electrons. The van der Waals surface area contributed by atoms with Crippen molar-refractivity contribution in [2.45, 2.75) is 39.3 Å². The van der Waals surface area contributed by atoms with E-state index in [1.165, 1.54) is 12.8 Å². The molecule has 0 aliphatic carbocycles. The molecule has 1 atom stereocenters. The Morgan fingerprint density at radius 3 is 2.71 bits per heavy atom. The molecular formula is C15H20N4O2. The fourth-order valence-corrected chi connectivity index (χ4v) is 3.08. The van der Waals surface area contributed by atoms with Crippen LogP contribution < -0.4 is 16.9 Å². The molecule has 1 unspecified atom stereocenters. The quantitative estimate of drug-likeness (QED) is 0.569. The lowest BCUT2D eigenvalue weighted by molar-refractivity contribution is 0.261. The number of hydrogen-bond donors (Lipinski definition) is 3. The van der Waals surface area contributed by atoms with Gasteiger partial charge >= 0.3 is 11.1 Å². The number of aromatic nitrogens is 2. The van der Waals surface area contributed by atoms with E-state index in [9.17, 15) is 9.59 Å². The van der Waals surface area contributed by atoms with Gasteiger partial charge in [-0.25, -0.2) is 0 Å². The number of aromatic amines is 2. The number of benzene rings is 1. The number of H-pyrrole nitrogens is 2. The molecule has 21 heavy (non-hydrogen) atoms. The van der Waals surface area contributed by atoms with Crippen LogP contribution in [0.5, 0.6) is 0 Å². The second kappa shape index (κ2) is 5.04. The van der Waals surface area contributed by atoms with Crippen LogP contribution in [0.15, 0.2) is 15.7 Å². The van der Waals surface area contributed by atoms with Gasteiger partial charge in [0.1, 0.15) is 0 Å². The first-order valence-corrected chi connectivity index (χ1v) is 7.25. The minimum Gasteiger partial charge on any atom is -0.398 e. The Morgan fingerprint density at radius 2 is 2.05 bits per heavy atom. The van der Waals surface area contributed by atoms with Gasteiger partial charge in [-0.2, -0.15) is 0 Å². The first-order chi connectivity index (χ1) is 9.97. The van der Waals surface area contributed by atoms with Crippen LogP contribution in [0.25, 0.3) is 11.0 Å². The number of rotatable bonds is 2. The second-order valence-electron chi connectivity index (χ2n) is 5.86. The van der Waals surface area contributed by atoms with Gasteiger partial charge in [-0.3, -0.25) is 14.5 Å². The summed E-state index contributed by atoms with van der Waals surface area (Å²) in [7, 11) is 0. The van der Waals surface area contributed by atoms with Crippen LogP contribution in [0.2, 0.25) is 0 Å². The molecule has 1 aliphatic heterocycles. The van der Waals surface area contributed by atoms with E-state index in [1.54, 1.807) is 6.07 Å². The predicted molar refractivity (Wildman–Crippen MR) is 83.4 cm³/mol. The first kappa shape index (κ1) is 13.9. The van der Waals surface area contributed by atoms with Crippen LogP contribution in [0.3, 0.4) is 0 Å². The van der Waals surface area contributed by atoms with Gasteiger partial charge in [0.05, 0.1) is 11.0 Å².